The lowest BCUT2D eigenvalue weighted by molar-refractivity contribution is -0.124. The van der Waals surface area contributed by atoms with Gasteiger partial charge in [-0.05, 0) is 25.1 Å². The van der Waals surface area contributed by atoms with Crippen LogP contribution in [-0.2, 0) is 16.0 Å². The standard InChI is InChI=1S/C15H14ClFN6O2S/c1-8-20-21-15-23(8)22-14(26-15)5-4-12(24)18-7-13(25)19-9-2-3-11(17)10(16)6-9/h2-3,6H,4-5,7H2,1H3,(H,18,24)(H,19,25). The van der Waals surface area contributed by atoms with E-state index in [9.17, 15) is 14.0 Å². The molecule has 0 saturated carbocycles. The molecule has 3 rings (SSSR count). The molecule has 8 nitrogen and oxygen atoms in total. The highest BCUT2D eigenvalue weighted by atomic mass is 35.5. The van der Waals surface area contributed by atoms with Crippen LogP contribution in [0.3, 0.4) is 0 Å². The average Bonchev–Trinajstić information content (AvgIpc) is 3.16. The first kappa shape index (κ1) is 18.2. The third-order valence-corrected chi connectivity index (χ3v) is 4.65. The maximum absolute atomic E-state index is 13.1. The van der Waals surface area contributed by atoms with E-state index >= 15 is 0 Å². The summed E-state index contributed by atoms with van der Waals surface area (Å²) in [5, 5.41) is 17.9. The summed E-state index contributed by atoms with van der Waals surface area (Å²) in [5.41, 5.74) is 0.353. The topological polar surface area (TPSA) is 101 Å². The van der Waals surface area contributed by atoms with E-state index in [1.54, 1.807) is 11.4 Å². The van der Waals surface area contributed by atoms with Gasteiger partial charge in [0.05, 0.1) is 11.6 Å². The van der Waals surface area contributed by atoms with E-state index in [0.717, 1.165) is 11.1 Å². The van der Waals surface area contributed by atoms with Crippen molar-refractivity contribution in [3.8, 4) is 0 Å². The Hall–Kier alpha value is -2.59. The van der Waals surface area contributed by atoms with E-state index in [4.69, 9.17) is 11.6 Å². The lowest BCUT2D eigenvalue weighted by Crippen LogP contribution is -2.32. The van der Waals surface area contributed by atoms with Crippen molar-refractivity contribution in [2.75, 3.05) is 11.9 Å². The number of carbonyl (C=O) groups is 2. The molecule has 0 atom stereocenters. The number of amides is 2. The molecule has 0 aliphatic heterocycles. The lowest BCUT2D eigenvalue weighted by Gasteiger charge is -2.07. The van der Waals surface area contributed by atoms with Crippen molar-refractivity contribution in [1.29, 1.82) is 0 Å². The van der Waals surface area contributed by atoms with Crippen LogP contribution in [-0.4, -0.2) is 38.2 Å². The van der Waals surface area contributed by atoms with Crippen LogP contribution in [0, 0.1) is 12.7 Å². The van der Waals surface area contributed by atoms with Gasteiger partial charge in [0, 0.05) is 18.5 Å². The second kappa shape index (κ2) is 7.75. The monoisotopic (exact) mass is 396 g/mol. The third kappa shape index (κ3) is 4.33. The minimum absolute atomic E-state index is 0.0907. The molecule has 0 unspecified atom stereocenters. The number of nitrogens with zero attached hydrogens (tertiary/aromatic N) is 4. The molecule has 0 fully saturated rings. The Balaban J connectivity index is 1.44. The Kier molecular flexibility index (Phi) is 5.43. The summed E-state index contributed by atoms with van der Waals surface area (Å²) in [6.07, 6.45) is 0.632. The van der Waals surface area contributed by atoms with Gasteiger partial charge in [0.2, 0.25) is 16.8 Å². The molecule has 0 spiro atoms. The zero-order valence-corrected chi connectivity index (χ0v) is 15.2. The number of anilines is 1. The molecule has 0 aliphatic rings. The Morgan fingerprint density at radius 2 is 2.12 bits per heavy atom. The molecule has 26 heavy (non-hydrogen) atoms. The second-order valence-electron chi connectivity index (χ2n) is 5.39. The molecule has 2 N–H and O–H groups in total. The molecule has 0 radical (unpaired) electrons. The van der Waals surface area contributed by atoms with E-state index in [-0.39, 0.29) is 23.9 Å². The van der Waals surface area contributed by atoms with Crippen LogP contribution in [0.2, 0.25) is 5.02 Å². The van der Waals surface area contributed by atoms with Crippen LogP contribution in [0.5, 0.6) is 0 Å². The van der Waals surface area contributed by atoms with E-state index in [1.807, 2.05) is 0 Å². The van der Waals surface area contributed by atoms with Crippen molar-refractivity contribution in [2.24, 2.45) is 0 Å². The Morgan fingerprint density at radius 3 is 2.85 bits per heavy atom. The number of rotatable bonds is 6. The Bertz CT molecular complexity index is 972. The number of nitrogens with one attached hydrogen (secondary N) is 2. The number of hydrogen-bond acceptors (Lipinski definition) is 6. The van der Waals surface area contributed by atoms with Gasteiger partial charge in [0.15, 0.2) is 5.82 Å². The first-order chi connectivity index (χ1) is 12.4. The lowest BCUT2D eigenvalue weighted by atomic mass is 10.3. The minimum atomic E-state index is -0.571. The Morgan fingerprint density at radius 1 is 1.31 bits per heavy atom. The van der Waals surface area contributed by atoms with E-state index in [2.05, 4.69) is 25.9 Å². The van der Waals surface area contributed by atoms with E-state index in [1.165, 1.54) is 23.5 Å². The fraction of sp³-hybridized carbons (Fsp3) is 0.267. The van der Waals surface area contributed by atoms with Crippen molar-refractivity contribution in [1.82, 2.24) is 25.1 Å². The summed E-state index contributed by atoms with van der Waals surface area (Å²) >= 11 is 7.01. The smallest absolute Gasteiger partial charge is 0.243 e. The zero-order valence-electron chi connectivity index (χ0n) is 13.6. The third-order valence-electron chi connectivity index (χ3n) is 3.40. The van der Waals surface area contributed by atoms with Crippen LogP contribution in [0.25, 0.3) is 4.96 Å². The van der Waals surface area contributed by atoms with Gasteiger partial charge in [-0.25, -0.2) is 4.39 Å². The van der Waals surface area contributed by atoms with Crippen LogP contribution in [0.4, 0.5) is 10.1 Å². The Labute approximate surface area is 156 Å². The first-order valence-electron chi connectivity index (χ1n) is 7.61. The predicted octanol–water partition coefficient (Wildman–Crippen LogP) is 1.97. The van der Waals surface area contributed by atoms with Gasteiger partial charge in [0.1, 0.15) is 10.8 Å². The van der Waals surface area contributed by atoms with Crippen molar-refractivity contribution in [3.63, 3.8) is 0 Å². The number of fused-ring (bicyclic) bond motifs is 1. The number of aryl methyl sites for hydroxylation is 2. The van der Waals surface area contributed by atoms with Crippen LogP contribution in [0.1, 0.15) is 17.3 Å². The SMILES string of the molecule is Cc1nnc2sc(CCC(=O)NCC(=O)Nc3ccc(F)c(Cl)c3)nn12. The molecule has 0 aliphatic carbocycles. The highest BCUT2D eigenvalue weighted by Crippen LogP contribution is 2.19. The molecule has 1 aromatic carbocycles. The number of aromatic nitrogens is 4. The van der Waals surface area contributed by atoms with Gasteiger partial charge in [-0.15, -0.1) is 10.2 Å². The van der Waals surface area contributed by atoms with Crippen LogP contribution in [0.15, 0.2) is 18.2 Å². The molecule has 136 valence electrons. The zero-order chi connectivity index (χ0) is 18.7. The van der Waals surface area contributed by atoms with Crippen molar-refractivity contribution in [2.45, 2.75) is 19.8 Å². The predicted molar refractivity (Wildman–Crippen MR) is 94.8 cm³/mol. The summed E-state index contributed by atoms with van der Waals surface area (Å²) in [6, 6.07) is 3.83. The van der Waals surface area contributed by atoms with Crippen LogP contribution >= 0.6 is 22.9 Å². The summed E-state index contributed by atoms with van der Waals surface area (Å²) in [6.45, 7) is 1.60. The van der Waals surface area contributed by atoms with E-state index < -0.39 is 11.7 Å². The van der Waals surface area contributed by atoms with Gasteiger partial charge in [0.25, 0.3) is 0 Å². The first-order valence-corrected chi connectivity index (χ1v) is 8.81. The summed E-state index contributed by atoms with van der Waals surface area (Å²) in [7, 11) is 0. The fourth-order valence-corrected chi connectivity index (χ4v) is 3.18. The summed E-state index contributed by atoms with van der Waals surface area (Å²) in [5.74, 6) is -0.599. The number of benzene rings is 1. The van der Waals surface area contributed by atoms with Gasteiger partial charge in [-0.1, -0.05) is 22.9 Å². The van der Waals surface area contributed by atoms with Gasteiger partial charge < -0.3 is 10.6 Å². The molecular formula is C15H14ClFN6O2S. The van der Waals surface area contributed by atoms with Crippen molar-refractivity contribution in [3.05, 3.63) is 39.9 Å². The normalized spacial score (nSPS) is 10.9. The average molecular weight is 397 g/mol. The second-order valence-corrected chi connectivity index (χ2v) is 6.84. The molecule has 11 heteroatoms. The highest BCUT2D eigenvalue weighted by molar-refractivity contribution is 7.16. The van der Waals surface area contributed by atoms with Crippen molar-refractivity contribution >= 4 is 45.4 Å². The van der Waals surface area contributed by atoms with Gasteiger partial charge in [-0.2, -0.15) is 9.61 Å². The van der Waals surface area contributed by atoms with Gasteiger partial charge >= 0.3 is 0 Å². The highest BCUT2D eigenvalue weighted by Gasteiger charge is 2.11. The molecule has 2 aromatic heterocycles. The molecule has 2 heterocycles. The molecule has 0 saturated heterocycles. The molecule has 0 bridgehead atoms. The van der Waals surface area contributed by atoms with Crippen LogP contribution < -0.4 is 10.6 Å². The van der Waals surface area contributed by atoms with Crippen molar-refractivity contribution < 1.29 is 14.0 Å². The summed E-state index contributed by atoms with van der Waals surface area (Å²) < 4.78 is 14.7. The fourth-order valence-electron chi connectivity index (χ4n) is 2.12. The maximum atomic E-state index is 13.1. The minimum Gasteiger partial charge on any atom is -0.347 e. The quantitative estimate of drug-likeness (QED) is 0.663. The summed E-state index contributed by atoms with van der Waals surface area (Å²) in [4.78, 5) is 24.4. The largest absolute Gasteiger partial charge is 0.347 e. The number of carbonyl (C=O) groups excluding carboxylic acids is 2. The molecular weight excluding hydrogens is 383 g/mol. The molecule has 2 amide bonds. The van der Waals surface area contributed by atoms with Gasteiger partial charge in [-0.3, -0.25) is 9.59 Å². The molecule has 3 aromatic rings. The maximum Gasteiger partial charge on any atom is 0.243 e. The van der Waals surface area contributed by atoms with E-state index in [0.29, 0.717) is 22.9 Å². The number of halogens is 2. The number of hydrogen-bond donors (Lipinski definition) is 2.